The van der Waals surface area contributed by atoms with Crippen molar-refractivity contribution in [1.29, 1.82) is 0 Å². The van der Waals surface area contributed by atoms with E-state index in [1.165, 1.54) is 4.18 Å². The van der Waals surface area contributed by atoms with E-state index < -0.39 is 21.4 Å². The molecule has 2 nitrogen and oxygen atoms in total. The Balaban J connectivity index is 2.43. The molecule has 0 spiro atoms. The maximum atomic E-state index is 10.9. The Morgan fingerprint density at radius 1 is 1.78 bits per heavy atom. The third kappa shape index (κ3) is 1.75. The molecule has 3 heteroatoms. The molecule has 0 unspecified atom stereocenters. The van der Waals surface area contributed by atoms with Gasteiger partial charge in [0.05, 0.1) is 0 Å². The van der Waals surface area contributed by atoms with Gasteiger partial charge in [0.25, 0.3) is 0 Å². The fourth-order valence-electron chi connectivity index (χ4n) is 1.04. The molecule has 0 saturated heterocycles. The van der Waals surface area contributed by atoms with Gasteiger partial charge in [-0.3, -0.25) is 0 Å². The molecule has 0 radical (unpaired) electrons. The van der Waals surface area contributed by atoms with Crippen LogP contribution < -0.4 is 5.32 Å². The van der Waals surface area contributed by atoms with Gasteiger partial charge in [0, 0.05) is 0 Å². The van der Waals surface area contributed by atoms with Crippen LogP contribution in [-0.4, -0.2) is 32.1 Å². The van der Waals surface area contributed by atoms with E-state index in [4.69, 9.17) is 0 Å². The van der Waals surface area contributed by atoms with Crippen molar-refractivity contribution in [1.82, 2.24) is 5.32 Å². The Hall–Kier alpha value is 0.0801. The monoisotopic (exact) mass is 227 g/mol. The quantitative estimate of drug-likeness (QED) is 0.708. The number of hydrogen-bond acceptors (Lipinski definition) is 1. The fraction of sp³-hybridized carbons (Fsp3) is 0.500. The molecule has 1 aliphatic heterocycles. The van der Waals surface area contributed by atoms with Crippen LogP contribution in [0, 0.1) is 0 Å². The van der Waals surface area contributed by atoms with Crippen LogP contribution in [0.3, 0.4) is 0 Å². The van der Waals surface area contributed by atoms with Gasteiger partial charge >= 0.3 is 62.8 Å². The van der Waals surface area contributed by atoms with Gasteiger partial charge in [-0.15, -0.1) is 0 Å². The van der Waals surface area contributed by atoms with Crippen LogP contribution in [0.5, 0.6) is 0 Å². The molecule has 0 atom stereocenters. The SMILES string of the molecule is CN[C](=O)[In]1[CH]=CC[CH2]1. The molecular weight excluding hydrogens is 217 g/mol. The number of nitrogens with one attached hydrogen (secondary N) is 1. The predicted octanol–water partition coefficient (Wildman–Crippen LogP) is 0.901. The first-order valence-corrected chi connectivity index (χ1v) is 9.11. The molecular formula is C6H10InNO. The summed E-state index contributed by atoms with van der Waals surface area (Å²) in [5.41, 5.74) is 0. The second-order valence-corrected chi connectivity index (χ2v) is 9.93. The molecule has 0 aromatic carbocycles. The normalized spacial score (nSPS) is 16.3. The van der Waals surface area contributed by atoms with E-state index in [1.807, 2.05) is 0 Å². The number of rotatable bonds is 1. The van der Waals surface area contributed by atoms with E-state index in [-0.39, 0.29) is 0 Å². The van der Waals surface area contributed by atoms with Crippen molar-refractivity contribution in [3.8, 4) is 0 Å². The molecule has 48 valence electrons. The van der Waals surface area contributed by atoms with Crippen LogP contribution in [0.2, 0.25) is 4.18 Å². The molecule has 1 rings (SSSR count). The van der Waals surface area contributed by atoms with Crippen molar-refractivity contribution in [2.75, 3.05) is 7.05 Å². The van der Waals surface area contributed by atoms with Gasteiger partial charge in [-0.2, -0.15) is 0 Å². The van der Waals surface area contributed by atoms with E-state index in [2.05, 4.69) is 15.2 Å². The van der Waals surface area contributed by atoms with Crippen molar-refractivity contribution in [3.05, 3.63) is 9.91 Å². The van der Waals surface area contributed by atoms with Crippen molar-refractivity contribution in [3.63, 3.8) is 0 Å². The number of carbonyl (C=O) groups is 1. The molecule has 0 saturated carbocycles. The average Bonchev–Trinajstić information content (AvgIpc) is 2.37. The summed E-state index contributed by atoms with van der Waals surface area (Å²) in [6, 6.07) is 0. The summed E-state index contributed by atoms with van der Waals surface area (Å²) in [5.74, 6) is 0. The maximum absolute atomic E-state index is 10.9. The van der Waals surface area contributed by atoms with Crippen molar-refractivity contribution >= 4 is 25.1 Å². The van der Waals surface area contributed by atoms with Crippen LogP contribution in [-0.2, 0) is 0 Å². The van der Waals surface area contributed by atoms with Crippen molar-refractivity contribution in [2.24, 2.45) is 0 Å². The van der Waals surface area contributed by atoms with Crippen LogP contribution >= 0.6 is 0 Å². The molecule has 9 heavy (non-hydrogen) atoms. The summed E-state index contributed by atoms with van der Waals surface area (Å²) < 4.78 is 3.73. The Kier molecular flexibility index (Phi) is 2.64. The van der Waals surface area contributed by atoms with E-state index >= 15 is 0 Å². The predicted molar refractivity (Wildman–Crippen MR) is 38.8 cm³/mol. The second-order valence-electron chi connectivity index (χ2n) is 2.23. The zero-order valence-corrected chi connectivity index (χ0v) is 8.85. The van der Waals surface area contributed by atoms with Gasteiger partial charge in [-0.25, -0.2) is 0 Å². The van der Waals surface area contributed by atoms with Gasteiger partial charge in [0.15, 0.2) is 0 Å². The molecule has 0 aromatic heterocycles. The molecule has 1 heterocycles. The molecule has 0 aromatic rings. The Bertz CT molecular complexity index is 144. The van der Waals surface area contributed by atoms with Gasteiger partial charge in [0.2, 0.25) is 0 Å². The number of carbonyl (C=O) groups excluding carboxylic acids is 1. The van der Waals surface area contributed by atoms with Crippen LogP contribution in [0.15, 0.2) is 9.91 Å². The summed E-state index contributed by atoms with van der Waals surface area (Å²) in [5, 5.41) is 2.71. The van der Waals surface area contributed by atoms with Crippen LogP contribution in [0.1, 0.15) is 6.42 Å². The van der Waals surface area contributed by atoms with Crippen molar-refractivity contribution in [2.45, 2.75) is 10.6 Å². The van der Waals surface area contributed by atoms with Gasteiger partial charge in [-0.1, -0.05) is 0 Å². The Morgan fingerprint density at radius 2 is 2.56 bits per heavy atom. The van der Waals surface area contributed by atoms with Gasteiger partial charge in [0.1, 0.15) is 0 Å². The third-order valence-corrected chi connectivity index (χ3v) is 9.17. The standard InChI is InChI=1S/C4H6.C2H4NO.In/c1-3-4-2;1-3-2-4;/h1,3H,2,4H2;1H3,(H,3,4);. The number of amides is 1. The molecule has 1 aliphatic rings. The summed E-state index contributed by atoms with van der Waals surface area (Å²) >= 11 is -1.75. The Labute approximate surface area is 62.9 Å². The van der Waals surface area contributed by atoms with E-state index in [9.17, 15) is 4.79 Å². The minimum atomic E-state index is -1.75. The molecule has 0 bridgehead atoms. The van der Waals surface area contributed by atoms with Crippen LogP contribution in [0.25, 0.3) is 0 Å². The molecule has 0 aliphatic carbocycles. The zero-order valence-electron chi connectivity index (χ0n) is 5.55. The summed E-state index contributed by atoms with van der Waals surface area (Å²) in [6.07, 6.45) is 3.30. The summed E-state index contributed by atoms with van der Waals surface area (Å²) in [4.78, 5) is 10.9. The number of hydrogen-bond donors (Lipinski definition) is 1. The van der Waals surface area contributed by atoms with E-state index in [0.29, 0.717) is 3.66 Å². The first-order valence-electron chi connectivity index (χ1n) is 3.23. The summed E-state index contributed by atoms with van der Waals surface area (Å²) in [6.45, 7) is 0. The minimum absolute atomic E-state index is 0.352. The van der Waals surface area contributed by atoms with Crippen LogP contribution in [0.4, 0.5) is 4.79 Å². The van der Waals surface area contributed by atoms with Gasteiger partial charge < -0.3 is 0 Å². The second kappa shape index (κ2) is 3.30. The van der Waals surface area contributed by atoms with Crippen molar-refractivity contribution < 1.29 is 4.79 Å². The van der Waals surface area contributed by atoms with Gasteiger partial charge in [-0.05, 0) is 0 Å². The molecule has 1 N–H and O–H groups in total. The fourth-order valence-corrected chi connectivity index (χ4v) is 6.95. The number of allylic oxidation sites excluding steroid dienone is 1. The summed E-state index contributed by atoms with van der Waals surface area (Å²) in [7, 11) is 1.73. The average molecular weight is 227 g/mol. The Morgan fingerprint density at radius 3 is 3.00 bits per heavy atom. The van der Waals surface area contributed by atoms with E-state index in [0.717, 1.165) is 6.42 Å². The molecule has 1 amide bonds. The topological polar surface area (TPSA) is 29.1 Å². The first-order chi connectivity index (χ1) is 4.34. The molecule has 0 fully saturated rings. The zero-order chi connectivity index (χ0) is 6.69. The first kappa shape index (κ1) is 7.19. The van der Waals surface area contributed by atoms with E-state index in [1.54, 1.807) is 7.05 Å². The third-order valence-electron chi connectivity index (χ3n) is 1.60.